The van der Waals surface area contributed by atoms with Gasteiger partial charge < -0.3 is 4.84 Å². The molecule has 130 valence electrons. The maximum absolute atomic E-state index is 12.3. The molecule has 0 fully saturated rings. The maximum Gasteiger partial charge on any atom is 0.375 e. The van der Waals surface area contributed by atoms with Crippen LogP contribution in [0.3, 0.4) is 0 Å². The Morgan fingerprint density at radius 2 is 1.76 bits per heavy atom. The predicted octanol–water partition coefficient (Wildman–Crippen LogP) is 1.68. The first-order chi connectivity index (χ1) is 11.8. The number of carbonyl (C=O) groups excluding carboxylic acids is 3. The minimum atomic E-state index is -3.98. The number of nitrogens with one attached hydrogen (secondary N) is 1. The minimum Gasteiger partial charge on any atom is -0.323 e. The van der Waals surface area contributed by atoms with Gasteiger partial charge in [-0.2, -0.15) is 0 Å². The van der Waals surface area contributed by atoms with Gasteiger partial charge in [0.1, 0.15) is 9.77 Å². The molecule has 0 atom stereocenters. The van der Waals surface area contributed by atoms with E-state index in [-0.39, 0.29) is 20.3 Å². The number of benzene rings is 1. The number of hydrogen-bond acceptors (Lipinski definition) is 7. The third-order valence-electron chi connectivity index (χ3n) is 3.34. The van der Waals surface area contributed by atoms with Crippen LogP contribution in [0.15, 0.2) is 35.2 Å². The molecule has 1 aliphatic rings. The largest absolute Gasteiger partial charge is 0.375 e. The fourth-order valence-corrected chi connectivity index (χ4v) is 4.58. The van der Waals surface area contributed by atoms with Crippen LogP contribution in [-0.2, 0) is 14.9 Å². The quantitative estimate of drug-likeness (QED) is 0.782. The summed E-state index contributed by atoms with van der Waals surface area (Å²) in [7, 11) is -2.81. The number of amides is 2. The third-order valence-corrected chi connectivity index (χ3v) is 6.15. The van der Waals surface area contributed by atoms with Crippen LogP contribution in [0.1, 0.15) is 30.4 Å². The highest BCUT2D eigenvalue weighted by atomic mass is 35.5. The average molecular weight is 401 g/mol. The molecule has 3 rings (SSSR count). The summed E-state index contributed by atoms with van der Waals surface area (Å²) in [6.07, 6.45) is 0. The molecular formula is C14H9ClN2O6S2. The monoisotopic (exact) mass is 400 g/mol. The molecule has 1 aromatic heterocycles. The van der Waals surface area contributed by atoms with E-state index in [9.17, 15) is 22.8 Å². The SMILES string of the molecule is CNS(=O)(=O)c1cc(Cl)sc1C(=O)ON1C(=O)c2ccccc2C1=O. The first-order valence-electron chi connectivity index (χ1n) is 6.69. The molecule has 8 nitrogen and oxygen atoms in total. The fourth-order valence-electron chi connectivity index (χ4n) is 2.17. The van der Waals surface area contributed by atoms with Gasteiger partial charge in [0.05, 0.1) is 15.5 Å². The Kier molecular flexibility index (Phi) is 4.37. The minimum absolute atomic E-state index is 0.0307. The second-order valence-corrected chi connectivity index (χ2v) is 8.32. The lowest BCUT2D eigenvalue weighted by Gasteiger charge is -2.12. The number of imide groups is 1. The zero-order valence-corrected chi connectivity index (χ0v) is 14.9. The Morgan fingerprint density at radius 1 is 1.20 bits per heavy atom. The van der Waals surface area contributed by atoms with Gasteiger partial charge in [0.2, 0.25) is 10.0 Å². The van der Waals surface area contributed by atoms with Crippen molar-refractivity contribution < 1.29 is 27.6 Å². The maximum atomic E-state index is 12.3. The van der Waals surface area contributed by atoms with E-state index in [0.29, 0.717) is 16.4 Å². The van der Waals surface area contributed by atoms with Crippen molar-refractivity contribution in [2.75, 3.05) is 7.05 Å². The van der Waals surface area contributed by atoms with Crippen molar-refractivity contribution in [3.63, 3.8) is 0 Å². The highest BCUT2D eigenvalue weighted by Crippen LogP contribution is 2.32. The second kappa shape index (κ2) is 6.23. The van der Waals surface area contributed by atoms with Gasteiger partial charge in [-0.05, 0) is 25.2 Å². The van der Waals surface area contributed by atoms with Crippen molar-refractivity contribution in [1.82, 2.24) is 9.79 Å². The Bertz CT molecular complexity index is 979. The van der Waals surface area contributed by atoms with E-state index in [2.05, 4.69) is 4.72 Å². The van der Waals surface area contributed by atoms with E-state index in [1.807, 2.05) is 0 Å². The normalized spacial score (nSPS) is 13.9. The fraction of sp³-hybridized carbons (Fsp3) is 0.0714. The smallest absolute Gasteiger partial charge is 0.323 e. The zero-order chi connectivity index (χ0) is 18.4. The lowest BCUT2D eigenvalue weighted by Crippen LogP contribution is -2.33. The Labute approximate surface area is 151 Å². The predicted molar refractivity (Wildman–Crippen MR) is 87.9 cm³/mol. The number of hydrogen-bond donors (Lipinski definition) is 1. The molecule has 25 heavy (non-hydrogen) atoms. The van der Waals surface area contributed by atoms with Gasteiger partial charge in [0.15, 0.2) is 0 Å². The van der Waals surface area contributed by atoms with Crippen molar-refractivity contribution in [1.29, 1.82) is 0 Å². The van der Waals surface area contributed by atoms with Crippen LogP contribution in [0.5, 0.6) is 0 Å². The summed E-state index contributed by atoms with van der Waals surface area (Å²) in [6, 6.07) is 7.04. The van der Waals surface area contributed by atoms with Crippen molar-refractivity contribution >= 4 is 50.7 Å². The van der Waals surface area contributed by atoms with Crippen molar-refractivity contribution in [3.05, 3.63) is 50.7 Å². The molecule has 1 aliphatic heterocycles. The van der Waals surface area contributed by atoms with E-state index in [1.54, 1.807) is 12.1 Å². The second-order valence-electron chi connectivity index (χ2n) is 4.78. The van der Waals surface area contributed by atoms with Gasteiger partial charge in [-0.25, -0.2) is 17.9 Å². The number of sulfonamides is 1. The number of hydroxylamine groups is 2. The van der Waals surface area contributed by atoms with Gasteiger partial charge in [0, 0.05) is 0 Å². The standard InChI is InChI=1S/C14H9ClN2O6S2/c1-16-25(21,22)9-6-10(15)24-11(9)14(20)23-17-12(18)7-4-2-3-5-8(7)13(17)19/h2-6,16H,1H3. The summed E-state index contributed by atoms with van der Waals surface area (Å²) >= 11 is 6.45. The molecule has 0 saturated heterocycles. The Hall–Kier alpha value is -2.27. The van der Waals surface area contributed by atoms with Gasteiger partial charge in [-0.15, -0.1) is 11.3 Å². The lowest BCUT2D eigenvalue weighted by atomic mass is 10.1. The third kappa shape index (κ3) is 2.93. The molecule has 2 amide bonds. The highest BCUT2D eigenvalue weighted by molar-refractivity contribution is 7.89. The first-order valence-corrected chi connectivity index (χ1v) is 9.37. The van der Waals surface area contributed by atoms with Crippen LogP contribution in [-0.4, -0.2) is 38.3 Å². The molecule has 2 aromatic rings. The zero-order valence-electron chi connectivity index (χ0n) is 12.5. The van der Waals surface area contributed by atoms with Crippen LogP contribution in [0, 0.1) is 0 Å². The molecular weight excluding hydrogens is 392 g/mol. The molecule has 0 aliphatic carbocycles. The molecule has 1 N–H and O–H groups in total. The van der Waals surface area contributed by atoms with E-state index in [1.165, 1.54) is 19.2 Å². The summed E-state index contributed by atoms with van der Waals surface area (Å²) < 4.78 is 26.0. The molecule has 0 bridgehead atoms. The van der Waals surface area contributed by atoms with E-state index in [0.717, 1.165) is 6.07 Å². The number of nitrogens with zero attached hydrogens (tertiary/aromatic N) is 1. The molecule has 11 heteroatoms. The van der Waals surface area contributed by atoms with E-state index < -0.39 is 32.7 Å². The molecule has 0 spiro atoms. The van der Waals surface area contributed by atoms with Crippen LogP contribution < -0.4 is 4.72 Å². The Balaban J connectivity index is 1.93. The summed E-state index contributed by atoms with van der Waals surface area (Å²) in [6.45, 7) is 0. The number of thiophene rings is 1. The van der Waals surface area contributed by atoms with E-state index in [4.69, 9.17) is 16.4 Å². The summed E-state index contributed by atoms with van der Waals surface area (Å²) in [5, 5.41) is 0.302. The van der Waals surface area contributed by atoms with Gasteiger partial charge in [-0.1, -0.05) is 28.8 Å². The topological polar surface area (TPSA) is 110 Å². The van der Waals surface area contributed by atoms with E-state index >= 15 is 0 Å². The van der Waals surface area contributed by atoms with Crippen LogP contribution in [0.25, 0.3) is 0 Å². The van der Waals surface area contributed by atoms with Crippen LogP contribution in [0.2, 0.25) is 4.34 Å². The first kappa shape index (κ1) is 17.5. The molecule has 0 saturated carbocycles. The van der Waals surface area contributed by atoms with Crippen LogP contribution >= 0.6 is 22.9 Å². The summed E-state index contributed by atoms with van der Waals surface area (Å²) in [5.41, 5.74) is 0.181. The number of carbonyl (C=O) groups is 3. The summed E-state index contributed by atoms with van der Waals surface area (Å²) in [5.74, 6) is -2.80. The lowest BCUT2D eigenvalue weighted by molar-refractivity contribution is -0.0583. The average Bonchev–Trinajstić information content (AvgIpc) is 3.10. The molecule has 2 heterocycles. The molecule has 1 aromatic carbocycles. The number of halogens is 1. The number of fused-ring (bicyclic) bond motifs is 1. The van der Waals surface area contributed by atoms with Crippen LogP contribution in [0.4, 0.5) is 0 Å². The van der Waals surface area contributed by atoms with Gasteiger partial charge in [-0.3, -0.25) is 9.59 Å². The van der Waals surface area contributed by atoms with Crippen molar-refractivity contribution in [2.24, 2.45) is 0 Å². The van der Waals surface area contributed by atoms with Gasteiger partial charge in [0.25, 0.3) is 11.8 Å². The molecule has 0 unspecified atom stereocenters. The van der Waals surface area contributed by atoms with Gasteiger partial charge >= 0.3 is 5.97 Å². The van der Waals surface area contributed by atoms with Crippen molar-refractivity contribution in [3.8, 4) is 0 Å². The number of rotatable bonds is 4. The highest BCUT2D eigenvalue weighted by Gasteiger charge is 2.39. The van der Waals surface area contributed by atoms with Crippen molar-refractivity contribution in [2.45, 2.75) is 4.90 Å². The Morgan fingerprint density at radius 3 is 2.28 bits per heavy atom. The molecule has 0 radical (unpaired) electrons. The summed E-state index contributed by atoms with van der Waals surface area (Å²) in [4.78, 5) is 40.8.